The highest BCUT2D eigenvalue weighted by Gasteiger charge is 2.31. The second-order valence-electron chi connectivity index (χ2n) is 3.99. The van der Waals surface area contributed by atoms with Gasteiger partial charge in [0.15, 0.2) is 0 Å². The van der Waals surface area contributed by atoms with Crippen LogP contribution in [0.5, 0.6) is 0 Å². The Morgan fingerprint density at radius 2 is 2.07 bits per heavy atom. The molecule has 1 rings (SSSR count). The molecule has 1 aliphatic rings. The van der Waals surface area contributed by atoms with Crippen LogP contribution in [0.25, 0.3) is 0 Å². The van der Waals surface area contributed by atoms with E-state index in [0.717, 1.165) is 0 Å². The molecule has 15 heavy (non-hydrogen) atoms. The van der Waals surface area contributed by atoms with Gasteiger partial charge in [0.25, 0.3) is 0 Å². The van der Waals surface area contributed by atoms with Crippen molar-refractivity contribution in [2.45, 2.75) is 19.9 Å². The molecule has 1 N–H and O–H groups in total. The standard InChI is InChI=1S/C10H18N2O3/c1-7(2)12(6-9(13)15-3)10(14)8-4-11-5-8/h7-8,11H,4-6H2,1-3H3. The fraction of sp³-hybridized carbons (Fsp3) is 0.800. The molecule has 1 fully saturated rings. The summed E-state index contributed by atoms with van der Waals surface area (Å²) in [6.07, 6.45) is 0. The number of hydrogen-bond donors (Lipinski definition) is 1. The van der Waals surface area contributed by atoms with E-state index >= 15 is 0 Å². The molecule has 0 aromatic heterocycles. The molecule has 0 unspecified atom stereocenters. The van der Waals surface area contributed by atoms with Crippen LogP contribution in [0.4, 0.5) is 0 Å². The monoisotopic (exact) mass is 214 g/mol. The third-order valence-electron chi connectivity index (χ3n) is 2.56. The summed E-state index contributed by atoms with van der Waals surface area (Å²) in [5.74, 6) is -0.310. The summed E-state index contributed by atoms with van der Waals surface area (Å²) in [5.41, 5.74) is 0. The topological polar surface area (TPSA) is 58.6 Å². The van der Waals surface area contributed by atoms with E-state index in [1.54, 1.807) is 4.90 Å². The molecule has 0 spiro atoms. The molecule has 0 bridgehead atoms. The van der Waals surface area contributed by atoms with E-state index in [9.17, 15) is 9.59 Å². The lowest BCUT2D eigenvalue weighted by molar-refractivity contribution is -0.150. The first-order chi connectivity index (χ1) is 7.06. The third kappa shape index (κ3) is 2.92. The number of esters is 1. The number of carbonyl (C=O) groups excluding carboxylic acids is 2. The quantitative estimate of drug-likeness (QED) is 0.648. The van der Waals surface area contributed by atoms with Gasteiger partial charge in [-0.05, 0) is 13.8 Å². The third-order valence-corrected chi connectivity index (χ3v) is 2.56. The number of carbonyl (C=O) groups is 2. The number of nitrogens with zero attached hydrogens (tertiary/aromatic N) is 1. The molecule has 86 valence electrons. The van der Waals surface area contributed by atoms with E-state index in [1.165, 1.54) is 7.11 Å². The van der Waals surface area contributed by atoms with E-state index in [0.29, 0.717) is 13.1 Å². The average molecular weight is 214 g/mol. The van der Waals surface area contributed by atoms with Gasteiger partial charge in [-0.1, -0.05) is 0 Å². The van der Waals surface area contributed by atoms with Crippen LogP contribution >= 0.6 is 0 Å². The van der Waals surface area contributed by atoms with Crippen molar-refractivity contribution < 1.29 is 14.3 Å². The number of methoxy groups -OCH3 is 1. The fourth-order valence-electron chi connectivity index (χ4n) is 1.42. The molecule has 0 saturated carbocycles. The minimum atomic E-state index is -0.371. The predicted molar refractivity (Wildman–Crippen MR) is 55.2 cm³/mol. The van der Waals surface area contributed by atoms with Gasteiger partial charge >= 0.3 is 5.97 Å². The van der Waals surface area contributed by atoms with Crippen LogP contribution in [0.3, 0.4) is 0 Å². The predicted octanol–water partition coefficient (Wildman–Crippen LogP) is -0.384. The van der Waals surface area contributed by atoms with Gasteiger partial charge in [0.2, 0.25) is 5.91 Å². The van der Waals surface area contributed by atoms with E-state index in [1.807, 2.05) is 13.8 Å². The van der Waals surface area contributed by atoms with Crippen molar-refractivity contribution in [1.82, 2.24) is 10.2 Å². The Balaban J connectivity index is 2.56. The number of hydrogen-bond acceptors (Lipinski definition) is 4. The first kappa shape index (κ1) is 12.0. The van der Waals surface area contributed by atoms with Crippen LogP contribution in [0.15, 0.2) is 0 Å². The van der Waals surface area contributed by atoms with Crippen LogP contribution in [0.1, 0.15) is 13.8 Å². The summed E-state index contributed by atoms with van der Waals surface area (Å²) in [6.45, 7) is 5.26. The molecule has 0 radical (unpaired) electrons. The second-order valence-corrected chi connectivity index (χ2v) is 3.99. The zero-order chi connectivity index (χ0) is 11.4. The lowest BCUT2D eigenvalue weighted by atomic mass is 10.0. The molecule has 1 aliphatic heterocycles. The van der Waals surface area contributed by atoms with Gasteiger partial charge in [-0.2, -0.15) is 0 Å². The zero-order valence-electron chi connectivity index (χ0n) is 9.45. The van der Waals surface area contributed by atoms with Crippen LogP contribution in [-0.2, 0) is 14.3 Å². The molecule has 1 heterocycles. The van der Waals surface area contributed by atoms with Crippen molar-refractivity contribution in [1.29, 1.82) is 0 Å². The number of ether oxygens (including phenoxy) is 1. The Kier molecular flexibility index (Phi) is 4.08. The molecule has 5 heteroatoms. The molecule has 1 saturated heterocycles. The van der Waals surface area contributed by atoms with Crippen molar-refractivity contribution in [3.05, 3.63) is 0 Å². The molecule has 1 amide bonds. The van der Waals surface area contributed by atoms with Crippen molar-refractivity contribution in [2.75, 3.05) is 26.7 Å². The minimum absolute atomic E-state index is 0.0251. The summed E-state index contributed by atoms with van der Waals surface area (Å²) < 4.78 is 4.56. The van der Waals surface area contributed by atoms with Gasteiger partial charge in [-0.25, -0.2) is 0 Å². The van der Waals surface area contributed by atoms with Gasteiger partial charge in [-0.15, -0.1) is 0 Å². The molecule has 0 aromatic carbocycles. The van der Waals surface area contributed by atoms with E-state index in [-0.39, 0.29) is 30.4 Å². The van der Waals surface area contributed by atoms with Crippen molar-refractivity contribution >= 4 is 11.9 Å². The van der Waals surface area contributed by atoms with Crippen LogP contribution in [-0.4, -0.2) is 49.6 Å². The smallest absolute Gasteiger partial charge is 0.325 e. The Hall–Kier alpha value is -1.10. The van der Waals surface area contributed by atoms with Gasteiger partial charge in [0.1, 0.15) is 6.54 Å². The van der Waals surface area contributed by atoms with Crippen LogP contribution < -0.4 is 5.32 Å². The summed E-state index contributed by atoms with van der Waals surface area (Å²) in [6, 6.07) is 0.0252. The number of nitrogens with one attached hydrogen (secondary N) is 1. The van der Waals surface area contributed by atoms with Gasteiger partial charge in [0.05, 0.1) is 13.0 Å². The Labute approximate surface area is 89.8 Å². The summed E-state index contributed by atoms with van der Waals surface area (Å²) in [4.78, 5) is 24.6. The molecule has 5 nitrogen and oxygen atoms in total. The van der Waals surface area contributed by atoms with E-state index in [2.05, 4.69) is 10.1 Å². The summed E-state index contributed by atoms with van der Waals surface area (Å²) in [7, 11) is 1.33. The summed E-state index contributed by atoms with van der Waals surface area (Å²) in [5, 5.41) is 3.04. The Bertz CT molecular complexity index is 249. The largest absolute Gasteiger partial charge is 0.468 e. The second kappa shape index (κ2) is 5.11. The highest BCUT2D eigenvalue weighted by atomic mass is 16.5. The lowest BCUT2D eigenvalue weighted by Crippen LogP contribution is -2.54. The van der Waals surface area contributed by atoms with Gasteiger partial charge in [-0.3, -0.25) is 9.59 Å². The summed E-state index contributed by atoms with van der Waals surface area (Å²) >= 11 is 0. The van der Waals surface area contributed by atoms with Crippen LogP contribution in [0, 0.1) is 5.92 Å². The van der Waals surface area contributed by atoms with E-state index in [4.69, 9.17) is 0 Å². The maximum Gasteiger partial charge on any atom is 0.325 e. The molecular formula is C10H18N2O3. The lowest BCUT2D eigenvalue weighted by Gasteiger charge is -2.34. The molecule has 0 aromatic rings. The first-order valence-electron chi connectivity index (χ1n) is 5.14. The Morgan fingerprint density at radius 3 is 2.40 bits per heavy atom. The highest BCUT2D eigenvalue weighted by molar-refractivity contribution is 5.84. The zero-order valence-corrected chi connectivity index (χ0v) is 9.45. The first-order valence-corrected chi connectivity index (χ1v) is 5.14. The maximum atomic E-state index is 11.9. The fourth-order valence-corrected chi connectivity index (χ4v) is 1.42. The normalized spacial score (nSPS) is 16.0. The van der Waals surface area contributed by atoms with Crippen molar-refractivity contribution in [3.63, 3.8) is 0 Å². The SMILES string of the molecule is COC(=O)CN(C(=O)C1CNC1)C(C)C. The average Bonchev–Trinajstić information content (AvgIpc) is 2.10. The molecular weight excluding hydrogens is 196 g/mol. The van der Waals surface area contributed by atoms with Gasteiger partial charge < -0.3 is 15.0 Å². The highest BCUT2D eigenvalue weighted by Crippen LogP contribution is 2.11. The van der Waals surface area contributed by atoms with Gasteiger partial charge in [0, 0.05) is 19.1 Å². The van der Waals surface area contributed by atoms with Crippen molar-refractivity contribution in [2.24, 2.45) is 5.92 Å². The Morgan fingerprint density at radius 1 is 1.47 bits per heavy atom. The van der Waals surface area contributed by atoms with E-state index < -0.39 is 0 Å². The maximum absolute atomic E-state index is 11.9. The molecule has 0 aliphatic carbocycles. The van der Waals surface area contributed by atoms with Crippen LogP contribution in [0.2, 0.25) is 0 Å². The minimum Gasteiger partial charge on any atom is -0.468 e. The molecule has 0 atom stereocenters. The number of amides is 1. The van der Waals surface area contributed by atoms with Crippen molar-refractivity contribution in [3.8, 4) is 0 Å². The number of rotatable bonds is 4.